The van der Waals surface area contributed by atoms with Crippen LogP contribution in [-0.2, 0) is 0 Å². The lowest BCUT2D eigenvalue weighted by atomic mass is 9.97. The van der Waals surface area contributed by atoms with Gasteiger partial charge >= 0.3 is 0 Å². The third-order valence-corrected chi connectivity index (χ3v) is 3.64. The van der Waals surface area contributed by atoms with Crippen molar-refractivity contribution in [3.05, 3.63) is 24.2 Å². The molecule has 0 bridgehead atoms. The van der Waals surface area contributed by atoms with E-state index >= 15 is 0 Å². The number of aromatic nitrogens is 3. The van der Waals surface area contributed by atoms with Crippen LogP contribution in [0.3, 0.4) is 0 Å². The standard InChI is InChI=1S/C12H16N4/c1-8-3-2-4-10(8)12-15-14-11-6-5-9(13)7-16(11)12/h5-8,10H,2-4,13H2,1H3. The first-order valence-corrected chi connectivity index (χ1v) is 5.86. The van der Waals surface area contributed by atoms with Gasteiger partial charge in [0.15, 0.2) is 5.65 Å². The van der Waals surface area contributed by atoms with Crippen molar-refractivity contribution in [2.45, 2.75) is 32.1 Å². The summed E-state index contributed by atoms with van der Waals surface area (Å²) in [4.78, 5) is 0. The fourth-order valence-corrected chi connectivity index (χ4v) is 2.71. The number of fused-ring (bicyclic) bond motifs is 1. The quantitative estimate of drug-likeness (QED) is 0.795. The number of rotatable bonds is 1. The maximum Gasteiger partial charge on any atom is 0.160 e. The van der Waals surface area contributed by atoms with Crippen molar-refractivity contribution < 1.29 is 0 Å². The molecule has 4 nitrogen and oxygen atoms in total. The zero-order chi connectivity index (χ0) is 11.1. The number of anilines is 1. The fourth-order valence-electron chi connectivity index (χ4n) is 2.71. The molecule has 16 heavy (non-hydrogen) atoms. The third kappa shape index (κ3) is 1.37. The maximum absolute atomic E-state index is 5.81. The summed E-state index contributed by atoms with van der Waals surface area (Å²) < 4.78 is 2.04. The first kappa shape index (κ1) is 9.63. The van der Waals surface area contributed by atoms with Crippen molar-refractivity contribution in [3.63, 3.8) is 0 Å². The summed E-state index contributed by atoms with van der Waals surface area (Å²) in [6, 6.07) is 3.79. The number of nitrogen functional groups attached to an aromatic ring is 1. The van der Waals surface area contributed by atoms with E-state index in [0.29, 0.717) is 11.8 Å². The average Bonchev–Trinajstić information content (AvgIpc) is 2.83. The first-order chi connectivity index (χ1) is 7.75. The van der Waals surface area contributed by atoms with Crippen LogP contribution in [0, 0.1) is 5.92 Å². The zero-order valence-corrected chi connectivity index (χ0v) is 9.43. The normalized spacial score (nSPS) is 25.3. The number of hydrogen-bond acceptors (Lipinski definition) is 3. The van der Waals surface area contributed by atoms with Gasteiger partial charge in [-0.15, -0.1) is 10.2 Å². The van der Waals surface area contributed by atoms with Crippen LogP contribution in [0.15, 0.2) is 18.3 Å². The van der Waals surface area contributed by atoms with Gasteiger partial charge in [0, 0.05) is 17.8 Å². The second kappa shape index (κ2) is 3.47. The highest BCUT2D eigenvalue weighted by atomic mass is 15.2. The van der Waals surface area contributed by atoms with E-state index in [4.69, 9.17) is 5.73 Å². The van der Waals surface area contributed by atoms with Gasteiger partial charge in [-0.3, -0.25) is 4.40 Å². The fraction of sp³-hybridized carbons (Fsp3) is 0.500. The Morgan fingerprint density at radius 2 is 2.19 bits per heavy atom. The lowest BCUT2D eigenvalue weighted by Crippen LogP contribution is -2.07. The van der Waals surface area contributed by atoms with Crippen LogP contribution in [-0.4, -0.2) is 14.6 Å². The van der Waals surface area contributed by atoms with Gasteiger partial charge in [-0.2, -0.15) is 0 Å². The highest BCUT2D eigenvalue weighted by molar-refractivity contribution is 5.47. The van der Waals surface area contributed by atoms with Crippen LogP contribution >= 0.6 is 0 Å². The molecule has 2 unspecified atom stereocenters. The first-order valence-electron chi connectivity index (χ1n) is 5.86. The number of pyridine rings is 1. The zero-order valence-electron chi connectivity index (χ0n) is 9.43. The van der Waals surface area contributed by atoms with E-state index in [9.17, 15) is 0 Å². The third-order valence-electron chi connectivity index (χ3n) is 3.64. The van der Waals surface area contributed by atoms with Crippen molar-refractivity contribution in [3.8, 4) is 0 Å². The molecule has 4 heteroatoms. The molecular weight excluding hydrogens is 200 g/mol. The maximum atomic E-state index is 5.81. The molecule has 0 aromatic carbocycles. The van der Waals surface area contributed by atoms with Crippen LogP contribution in [0.5, 0.6) is 0 Å². The van der Waals surface area contributed by atoms with Crippen molar-refractivity contribution in [1.82, 2.24) is 14.6 Å². The molecule has 1 fully saturated rings. The van der Waals surface area contributed by atoms with Crippen LogP contribution in [0.4, 0.5) is 5.69 Å². The van der Waals surface area contributed by atoms with Gasteiger partial charge in [0.2, 0.25) is 0 Å². The summed E-state index contributed by atoms with van der Waals surface area (Å²) in [7, 11) is 0. The minimum Gasteiger partial charge on any atom is -0.398 e. The lowest BCUT2D eigenvalue weighted by Gasteiger charge is -2.13. The Kier molecular flexibility index (Phi) is 2.09. The van der Waals surface area contributed by atoms with Crippen molar-refractivity contribution in [2.75, 3.05) is 5.73 Å². The Labute approximate surface area is 94.5 Å². The van der Waals surface area contributed by atoms with E-state index in [-0.39, 0.29) is 0 Å². The molecule has 0 spiro atoms. The summed E-state index contributed by atoms with van der Waals surface area (Å²) in [5.41, 5.74) is 7.46. The molecule has 2 atom stereocenters. The number of hydrogen-bond donors (Lipinski definition) is 1. The Bertz CT molecular complexity index is 517. The molecule has 1 saturated carbocycles. The number of nitrogens with zero attached hydrogens (tertiary/aromatic N) is 3. The average molecular weight is 216 g/mol. The molecular formula is C12H16N4. The van der Waals surface area contributed by atoms with E-state index in [0.717, 1.165) is 17.2 Å². The Morgan fingerprint density at radius 1 is 1.31 bits per heavy atom. The summed E-state index contributed by atoms with van der Waals surface area (Å²) in [6.45, 7) is 2.30. The molecule has 0 radical (unpaired) electrons. The molecule has 2 aromatic heterocycles. The summed E-state index contributed by atoms with van der Waals surface area (Å²) in [5.74, 6) is 2.32. The summed E-state index contributed by atoms with van der Waals surface area (Å²) >= 11 is 0. The summed E-state index contributed by atoms with van der Waals surface area (Å²) in [6.07, 6.45) is 5.73. The highest BCUT2D eigenvalue weighted by Crippen LogP contribution is 2.38. The van der Waals surface area contributed by atoms with E-state index in [1.165, 1.54) is 19.3 Å². The van der Waals surface area contributed by atoms with Gasteiger partial charge in [0.25, 0.3) is 0 Å². The molecule has 0 amide bonds. The van der Waals surface area contributed by atoms with Gasteiger partial charge in [-0.05, 0) is 30.9 Å². The Hall–Kier alpha value is -1.58. The smallest absolute Gasteiger partial charge is 0.160 e. The Morgan fingerprint density at radius 3 is 2.94 bits per heavy atom. The minimum atomic E-state index is 0.539. The van der Waals surface area contributed by atoms with E-state index in [1.807, 2.05) is 22.7 Å². The van der Waals surface area contributed by atoms with Crippen LogP contribution in [0.1, 0.15) is 37.9 Å². The second-order valence-corrected chi connectivity index (χ2v) is 4.76. The van der Waals surface area contributed by atoms with Crippen molar-refractivity contribution >= 4 is 11.3 Å². The van der Waals surface area contributed by atoms with Crippen molar-refractivity contribution in [1.29, 1.82) is 0 Å². The SMILES string of the molecule is CC1CCCC1c1nnc2ccc(N)cn12. The molecule has 84 valence electrons. The molecule has 3 rings (SSSR count). The van der Waals surface area contributed by atoms with Gasteiger partial charge in [0.05, 0.1) is 0 Å². The van der Waals surface area contributed by atoms with Gasteiger partial charge in [-0.1, -0.05) is 13.3 Å². The van der Waals surface area contributed by atoms with Crippen LogP contribution in [0.2, 0.25) is 0 Å². The molecule has 0 saturated heterocycles. The van der Waals surface area contributed by atoms with Crippen LogP contribution in [0.25, 0.3) is 5.65 Å². The molecule has 2 N–H and O–H groups in total. The van der Waals surface area contributed by atoms with E-state index in [1.54, 1.807) is 0 Å². The monoisotopic (exact) mass is 216 g/mol. The lowest BCUT2D eigenvalue weighted by molar-refractivity contribution is 0.506. The minimum absolute atomic E-state index is 0.539. The van der Waals surface area contributed by atoms with E-state index in [2.05, 4.69) is 17.1 Å². The molecule has 1 aliphatic carbocycles. The van der Waals surface area contributed by atoms with E-state index < -0.39 is 0 Å². The van der Waals surface area contributed by atoms with Crippen molar-refractivity contribution in [2.24, 2.45) is 5.92 Å². The van der Waals surface area contributed by atoms with Crippen LogP contribution < -0.4 is 5.73 Å². The largest absolute Gasteiger partial charge is 0.398 e. The predicted octanol–water partition coefficient (Wildman–Crippen LogP) is 2.22. The van der Waals surface area contributed by atoms with Gasteiger partial charge in [-0.25, -0.2) is 0 Å². The number of nitrogens with two attached hydrogens (primary N) is 1. The topological polar surface area (TPSA) is 56.2 Å². The van der Waals surface area contributed by atoms with Gasteiger partial charge in [0.1, 0.15) is 5.82 Å². The molecule has 2 heterocycles. The predicted molar refractivity (Wildman–Crippen MR) is 63.2 cm³/mol. The molecule has 0 aliphatic heterocycles. The summed E-state index contributed by atoms with van der Waals surface area (Å²) in [5, 5.41) is 8.52. The highest BCUT2D eigenvalue weighted by Gasteiger charge is 2.28. The molecule has 1 aliphatic rings. The second-order valence-electron chi connectivity index (χ2n) is 4.76. The molecule has 2 aromatic rings. The van der Waals surface area contributed by atoms with Gasteiger partial charge < -0.3 is 5.73 Å². The Balaban J connectivity index is 2.12.